The number of anilines is 1. The van der Waals surface area contributed by atoms with Gasteiger partial charge in [-0.25, -0.2) is 14.8 Å². The number of aliphatic hydroxyl groups is 1. The highest BCUT2D eigenvalue weighted by atomic mass is 16.5. The fourth-order valence-electron chi connectivity index (χ4n) is 6.77. The minimum Gasteiger partial charge on any atom is -0.473 e. The molecule has 47 heavy (non-hydrogen) atoms. The highest BCUT2D eigenvalue weighted by molar-refractivity contribution is 5.98. The van der Waals surface area contributed by atoms with Crippen molar-refractivity contribution in [2.24, 2.45) is 16.8 Å². The number of amides is 2. The number of fused-ring (bicyclic) bond motifs is 4. The molecule has 0 aliphatic carbocycles. The van der Waals surface area contributed by atoms with Gasteiger partial charge in [-0.15, -0.1) is 0 Å². The number of nitrogens with one attached hydrogen (secondary N) is 3. The molecular weight excluding hydrogens is 606 g/mol. The lowest BCUT2D eigenvalue weighted by atomic mass is 9.72. The number of benzene rings is 2. The van der Waals surface area contributed by atoms with Crippen molar-refractivity contribution in [3.63, 3.8) is 0 Å². The molecule has 1 aromatic heterocycles. The molecule has 13 heteroatoms. The van der Waals surface area contributed by atoms with Gasteiger partial charge < -0.3 is 39.7 Å². The number of nitrogens with zero attached hydrogens (tertiary/aromatic N) is 2. The Morgan fingerprint density at radius 1 is 1.11 bits per heavy atom. The molecule has 0 fully saturated rings. The maximum absolute atomic E-state index is 14.0. The molecule has 4 bridgehead atoms. The summed E-state index contributed by atoms with van der Waals surface area (Å²) in [5, 5.41) is 19.8. The Morgan fingerprint density at radius 2 is 1.89 bits per heavy atom. The van der Waals surface area contributed by atoms with Gasteiger partial charge in [-0.2, -0.15) is 0 Å². The third kappa shape index (κ3) is 4.82. The van der Waals surface area contributed by atoms with Crippen LogP contribution in [0, 0.1) is 11.8 Å². The molecule has 0 saturated carbocycles. The molecule has 0 saturated heterocycles. The van der Waals surface area contributed by atoms with Crippen molar-refractivity contribution in [2.75, 3.05) is 19.0 Å². The Morgan fingerprint density at radius 3 is 2.64 bits per heavy atom. The van der Waals surface area contributed by atoms with E-state index in [1.54, 1.807) is 13.8 Å². The van der Waals surface area contributed by atoms with Crippen molar-refractivity contribution in [2.45, 2.75) is 70.0 Å². The predicted molar refractivity (Wildman–Crippen MR) is 168 cm³/mol. The number of aliphatic imine (C=N–C) groups is 1. The van der Waals surface area contributed by atoms with Crippen molar-refractivity contribution in [3.05, 3.63) is 76.5 Å². The number of hydrogen-bond donors (Lipinski definition) is 4. The molecule has 1 spiro atoms. The predicted octanol–water partition coefficient (Wildman–Crippen LogP) is 2.34. The fourth-order valence-corrected chi connectivity index (χ4v) is 6.77. The molecule has 13 nitrogen and oxygen atoms in total. The smallest absolute Gasteiger partial charge is 0.334 e. The van der Waals surface area contributed by atoms with Crippen LogP contribution in [0.25, 0.3) is 0 Å². The number of aliphatic hydroxyl groups excluding tert-OH is 1. The summed E-state index contributed by atoms with van der Waals surface area (Å²) in [5.74, 6) is -0.895. The van der Waals surface area contributed by atoms with E-state index in [1.807, 2.05) is 56.3 Å². The molecule has 3 aromatic rings. The van der Waals surface area contributed by atoms with Crippen LogP contribution in [0.5, 0.6) is 5.75 Å². The lowest BCUT2D eigenvalue weighted by Gasteiger charge is -2.29. The molecule has 4 aliphatic rings. The second kappa shape index (κ2) is 11.4. The van der Waals surface area contributed by atoms with Gasteiger partial charge in [-0.1, -0.05) is 58.0 Å². The van der Waals surface area contributed by atoms with Gasteiger partial charge in [0.2, 0.25) is 23.6 Å². The van der Waals surface area contributed by atoms with Crippen LogP contribution >= 0.6 is 0 Å². The normalized spacial score (nSPS) is 26.0. The van der Waals surface area contributed by atoms with Crippen LogP contribution in [0.4, 0.5) is 5.69 Å². The van der Waals surface area contributed by atoms with Gasteiger partial charge in [0, 0.05) is 17.7 Å². The van der Waals surface area contributed by atoms with Crippen molar-refractivity contribution in [1.29, 1.82) is 0 Å². The zero-order valence-corrected chi connectivity index (χ0v) is 26.7. The zero-order valence-electron chi connectivity index (χ0n) is 26.7. The van der Waals surface area contributed by atoms with Crippen LogP contribution in [0.2, 0.25) is 0 Å². The zero-order chi connectivity index (χ0) is 33.2. The van der Waals surface area contributed by atoms with Crippen LogP contribution in [0.3, 0.4) is 0 Å². The topological polar surface area (TPSA) is 174 Å². The van der Waals surface area contributed by atoms with E-state index in [0.29, 0.717) is 11.5 Å². The van der Waals surface area contributed by atoms with E-state index in [0.717, 1.165) is 22.4 Å². The van der Waals surface area contributed by atoms with Gasteiger partial charge in [0.05, 0.1) is 7.11 Å². The molecule has 1 unspecified atom stereocenters. The molecule has 0 radical (unpaired) electrons. The first kappa shape index (κ1) is 30.7. The van der Waals surface area contributed by atoms with Gasteiger partial charge in [-0.3, -0.25) is 9.59 Å². The second-order valence-corrected chi connectivity index (χ2v) is 13.0. The van der Waals surface area contributed by atoms with E-state index in [1.165, 1.54) is 7.11 Å². The van der Waals surface area contributed by atoms with Crippen molar-refractivity contribution in [3.8, 4) is 5.75 Å². The van der Waals surface area contributed by atoms with Gasteiger partial charge in [0.25, 0.3) is 0 Å². The lowest BCUT2D eigenvalue weighted by Crippen LogP contribution is -2.52. The number of carbonyl (C=O) groups excluding carboxylic acids is 3. The average Bonchev–Trinajstić information content (AvgIpc) is 3.83. The summed E-state index contributed by atoms with van der Waals surface area (Å²) in [6, 6.07) is 10.8. The van der Waals surface area contributed by atoms with E-state index >= 15 is 0 Å². The van der Waals surface area contributed by atoms with E-state index < -0.39 is 53.7 Å². The number of carbonyl (C=O) groups is 3. The van der Waals surface area contributed by atoms with E-state index in [4.69, 9.17) is 23.6 Å². The van der Waals surface area contributed by atoms with E-state index in [-0.39, 0.29) is 42.3 Å². The van der Waals surface area contributed by atoms with Gasteiger partial charge in [0.1, 0.15) is 36.0 Å². The second-order valence-electron chi connectivity index (χ2n) is 13.0. The maximum Gasteiger partial charge on any atom is 0.334 e. The minimum absolute atomic E-state index is 0.0277. The average molecular weight is 644 g/mol. The van der Waals surface area contributed by atoms with E-state index in [9.17, 15) is 19.5 Å². The molecule has 246 valence electrons. The summed E-state index contributed by atoms with van der Waals surface area (Å²) in [7, 11) is 1.29. The summed E-state index contributed by atoms with van der Waals surface area (Å²) in [6.07, 6.45) is -1.79. The Bertz CT molecular complexity index is 1800. The molecule has 2 aromatic carbocycles. The van der Waals surface area contributed by atoms with Crippen molar-refractivity contribution >= 4 is 29.4 Å². The molecule has 2 amide bonds. The summed E-state index contributed by atoms with van der Waals surface area (Å²) in [6.45, 7) is 7.27. The number of methoxy groups -OCH3 is 1. The fraction of sp³-hybridized carbons (Fsp3) is 0.441. The van der Waals surface area contributed by atoms with Crippen LogP contribution in [0.1, 0.15) is 67.8 Å². The number of hydrogen-bond acceptors (Lipinski definition) is 11. The summed E-state index contributed by atoms with van der Waals surface area (Å²) in [5.41, 5.74) is 2.43. The Kier molecular flexibility index (Phi) is 7.46. The number of aromatic nitrogens is 1. The number of para-hydroxylation sites is 1. The van der Waals surface area contributed by atoms with Crippen LogP contribution in [0.15, 0.2) is 51.9 Å². The molecule has 4 N–H and O–H groups in total. The first-order valence-electron chi connectivity index (χ1n) is 15.8. The molecule has 4 aliphatic heterocycles. The van der Waals surface area contributed by atoms with E-state index in [2.05, 4.69) is 20.9 Å². The minimum atomic E-state index is -1.29. The van der Waals surface area contributed by atoms with Crippen LogP contribution < -0.4 is 20.7 Å². The highest BCUT2D eigenvalue weighted by Crippen LogP contribution is 2.58. The lowest BCUT2D eigenvalue weighted by molar-refractivity contribution is -0.142. The maximum atomic E-state index is 14.0. The third-order valence-electron chi connectivity index (χ3n) is 9.28. The van der Waals surface area contributed by atoms with Crippen LogP contribution in [-0.2, 0) is 35.7 Å². The van der Waals surface area contributed by atoms with Gasteiger partial charge in [0.15, 0.2) is 23.7 Å². The first-order valence-corrected chi connectivity index (χ1v) is 15.8. The SMILES string of the molecule is COC(=O)[C@@H]1COC(c2nc3oc2[C@@]24c5ccccc5NC2Oc2ccc(cc24)C[C@H](NC(=O)[C@@H](O)C(C)C)C(=O)N[C@H]3C(C)C)=N1. The molecule has 7 rings (SSSR count). The first-order chi connectivity index (χ1) is 22.5. The Labute approximate surface area is 271 Å². The number of esters is 1. The van der Waals surface area contributed by atoms with Crippen molar-refractivity contribution in [1.82, 2.24) is 15.6 Å². The monoisotopic (exact) mass is 643 g/mol. The number of oxazole rings is 1. The summed E-state index contributed by atoms with van der Waals surface area (Å²) in [4.78, 5) is 48.9. The standard InChI is InChI=1S/C34H37N5O8/c1-15(2)24-31-39-25(30-36-22(14-45-30)32(43)44-5)27(47-31)34-18-8-6-7-9-20(18)37-33(34)46-23-11-10-17(12-19(23)34)13-21(28(41)38-24)35-29(42)26(40)16(3)4/h6-12,15-16,21-22,24,26,33,37,40H,13-14H2,1-5H3,(H,35,42)(H,38,41)/t21-,22-,24-,26-,33?,34-/m0/s1. The molecule has 6 atom stereocenters. The number of ether oxygens (including phenoxy) is 3. The third-order valence-corrected chi connectivity index (χ3v) is 9.28. The number of rotatable bonds is 6. The quantitative estimate of drug-likeness (QED) is 0.292. The largest absolute Gasteiger partial charge is 0.473 e. The molecule has 5 heterocycles. The molecular formula is C34H37N5O8. The van der Waals surface area contributed by atoms with Crippen molar-refractivity contribution < 1.29 is 38.1 Å². The summed E-state index contributed by atoms with van der Waals surface area (Å²) < 4.78 is 24.2. The summed E-state index contributed by atoms with van der Waals surface area (Å²) >= 11 is 0. The van der Waals surface area contributed by atoms with Gasteiger partial charge in [-0.05, 0) is 35.1 Å². The van der Waals surface area contributed by atoms with Crippen LogP contribution in [-0.4, -0.2) is 71.9 Å². The Balaban J connectivity index is 1.46. The Hall–Kier alpha value is -4.91. The van der Waals surface area contributed by atoms with Gasteiger partial charge >= 0.3 is 5.97 Å². The highest BCUT2D eigenvalue weighted by Gasteiger charge is 2.61.